The molecule has 162 valence electrons. The summed E-state index contributed by atoms with van der Waals surface area (Å²) in [5, 5.41) is 8.18. The van der Waals surface area contributed by atoms with Crippen LogP contribution < -0.4 is 15.5 Å². The van der Waals surface area contributed by atoms with Crippen LogP contribution in [0.4, 0.5) is 5.69 Å². The summed E-state index contributed by atoms with van der Waals surface area (Å²) >= 11 is 0. The molecule has 0 fully saturated rings. The number of amides is 2. The van der Waals surface area contributed by atoms with E-state index in [4.69, 9.17) is 0 Å². The molecule has 3 aromatic carbocycles. The number of aryl methyl sites for hydroxylation is 1. The second-order valence-electron chi connectivity index (χ2n) is 7.80. The van der Waals surface area contributed by atoms with Gasteiger partial charge in [0, 0.05) is 5.69 Å². The van der Waals surface area contributed by atoms with Crippen molar-refractivity contribution >= 4 is 40.7 Å². The Morgan fingerprint density at radius 2 is 1.77 bits per heavy atom. The molecule has 0 saturated heterocycles. The normalized spacial score (nSPS) is 16.8. The van der Waals surface area contributed by atoms with Crippen molar-refractivity contribution in [1.82, 2.24) is 10.6 Å². The van der Waals surface area contributed by atoms with Crippen LogP contribution in [0, 0.1) is 0 Å². The van der Waals surface area contributed by atoms with Crippen molar-refractivity contribution < 1.29 is 9.59 Å². The number of rotatable bonds is 5. The third-order valence-electron chi connectivity index (χ3n) is 5.90. The SMILES string of the molecule is CN[C@@H](C)C(=O)N[C@H]1CCc2ccccc2N(Cc2cccc3ccccc23)C1=O.Cl. The predicted octanol–water partition coefficient (Wildman–Crippen LogP) is 3.83. The molecule has 1 aliphatic heterocycles. The Morgan fingerprint density at radius 1 is 1.06 bits per heavy atom. The molecular weight excluding hydrogens is 410 g/mol. The highest BCUT2D eigenvalue weighted by atomic mass is 35.5. The molecule has 1 heterocycles. The van der Waals surface area contributed by atoms with Crippen LogP contribution in [0.3, 0.4) is 0 Å². The van der Waals surface area contributed by atoms with Crippen LogP contribution in [0.15, 0.2) is 66.7 Å². The molecule has 6 heteroatoms. The van der Waals surface area contributed by atoms with Gasteiger partial charge in [-0.1, -0.05) is 60.7 Å². The van der Waals surface area contributed by atoms with E-state index in [1.807, 2.05) is 41.3 Å². The summed E-state index contributed by atoms with van der Waals surface area (Å²) in [6.07, 6.45) is 1.33. The van der Waals surface area contributed by atoms with Gasteiger partial charge < -0.3 is 15.5 Å². The van der Waals surface area contributed by atoms with Crippen LogP contribution in [0.2, 0.25) is 0 Å². The lowest BCUT2D eigenvalue weighted by Gasteiger charge is -2.27. The number of nitrogens with one attached hydrogen (secondary N) is 2. The van der Waals surface area contributed by atoms with Crippen molar-refractivity contribution in [1.29, 1.82) is 0 Å². The Kier molecular flexibility index (Phi) is 7.31. The van der Waals surface area contributed by atoms with Gasteiger partial charge in [-0.2, -0.15) is 0 Å². The highest BCUT2D eigenvalue weighted by Crippen LogP contribution is 2.30. The van der Waals surface area contributed by atoms with E-state index in [2.05, 4.69) is 41.0 Å². The molecular formula is C25H28ClN3O2. The number of hydrogen-bond acceptors (Lipinski definition) is 3. The maximum absolute atomic E-state index is 13.6. The van der Waals surface area contributed by atoms with E-state index in [9.17, 15) is 9.59 Å². The molecule has 2 N–H and O–H groups in total. The number of anilines is 1. The fourth-order valence-corrected chi connectivity index (χ4v) is 4.04. The van der Waals surface area contributed by atoms with Gasteiger partial charge in [-0.05, 0) is 54.8 Å². The van der Waals surface area contributed by atoms with E-state index in [1.165, 1.54) is 0 Å². The lowest BCUT2D eigenvalue weighted by Crippen LogP contribution is -2.52. The van der Waals surface area contributed by atoms with E-state index >= 15 is 0 Å². The number of carbonyl (C=O) groups excluding carboxylic acids is 2. The molecule has 2 atom stereocenters. The van der Waals surface area contributed by atoms with E-state index in [-0.39, 0.29) is 30.3 Å². The van der Waals surface area contributed by atoms with Gasteiger partial charge >= 0.3 is 0 Å². The number of likely N-dealkylation sites (N-methyl/N-ethyl adjacent to an activating group) is 1. The molecule has 0 saturated carbocycles. The second kappa shape index (κ2) is 9.94. The minimum atomic E-state index is -0.546. The van der Waals surface area contributed by atoms with Crippen LogP contribution in [0.1, 0.15) is 24.5 Å². The smallest absolute Gasteiger partial charge is 0.249 e. The minimum absolute atomic E-state index is 0. The molecule has 0 spiro atoms. The van der Waals surface area contributed by atoms with Gasteiger partial charge in [0.2, 0.25) is 11.8 Å². The summed E-state index contributed by atoms with van der Waals surface area (Å²) < 4.78 is 0. The number of hydrogen-bond donors (Lipinski definition) is 2. The Bertz CT molecular complexity index is 1080. The molecule has 0 aromatic heterocycles. The molecule has 1 aliphatic rings. The molecule has 31 heavy (non-hydrogen) atoms. The first-order valence-corrected chi connectivity index (χ1v) is 10.4. The monoisotopic (exact) mass is 437 g/mol. The maximum Gasteiger partial charge on any atom is 0.249 e. The number of carbonyl (C=O) groups is 2. The Balaban J connectivity index is 0.00000272. The van der Waals surface area contributed by atoms with Gasteiger partial charge in [0.05, 0.1) is 12.6 Å². The van der Waals surface area contributed by atoms with Crippen molar-refractivity contribution in [2.24, 2.45) is 0 Å². The lowest BCUT2D eigenvalue weighted by molar-refractivity contribution is -0.128. The third kappa shape index (κ3) is 4.73. The summed E-state index contributed by atoms with van der Waals surface area (Å²) in [5.41, 5.74) is 3.14. The van der Waals surface area contributed by atoms with Crippen LogP contribution >= 0.6 is 12.4 Å². The van der Waals surface area contributed by atoms with E-state index in [1.54, 1.807) is 14.0 Å². The average Bonchev–Trinajstić information content (AvgIpc) is 2.91. The molecule has 4 rings (SSSR count). The fourth-order valence-electron chi connectivity index (χ4n) is 4.04. The van der Waals surface area contributed by atoms with Crippen molar-refractivity contribution in [2.75, 3.05) is 11.9 Å². The summed E-state index contributed by atoms with van der Waals surface area (Å²) in [4.78, 5) is 27.9. The first-order chi connectivity index (χ1) is 14.6. The molecule has 0 bridgehead atoms. The zero-order valence-electron chi connectivity index (χ0n) is 17.8. The fraction of sp³-hybridized carbons (Fsp3) is 0.280. The zero-order chi connectivity index (χ0) is 21.1. The number of fused-ring (bicyclic) bond motifs is 2. The van der Waals surface area contributed by atoms with E-state index in [0.717, 1.165) is 34.0 Å². The number of nitrogens with zero attached hydrogens (tertiary/aromatic N) is 1. The predicted molar refractivity (Wildman–Crippen MR) is 128 cm³/mol. The van der Waals surface area contributed by atoms with Crippen LogP contribution in [-0.4, -0.2) is 30.9 Å². The van der Waals surface area contributed by atoms with Crippen LogP contribution in [0.25, 0.3) is 10.8 Å². The molecule has 5 nitrogen and oxygen atoms in total. The topological polar surface area (TPSA) is 61.4 Å². The minimum Gasteiger partial charge on any atom is -0.343 e. The largest absolute Gasteiger partial charge is 0.343 e. The zero-order valence-corrected chi connectivity index (χ0v) is 18.6. The van der Waals surface area contributed by atoms with Crippen LogP contribution in [-0.2, 0) is 22.6 Å². The highest BCUT2D eigenvalue weighted by Gasteiger charge is 2.32. The van der Waals surface area contributed by atoms with Crippen molar-refractivity contribution in [2.45, 2.75) is 38.4 Å². The molecule has 0 aliphatic carbocycles. The Labute approximate surface area is 189 Å². The van der Waals surface area contributed by atoms with Crippen LogP contribution in [0.5, 0.6) is 0 Å². The number of halogens is 1. The molecule has 3 aromatic rings. The van der Waals surface area contributed by atoms with Gasteiger partial charge in [-0.15, -0.1) is 12.4 Å². The van der Waals surface area contributed by atoms with Crippen molar-refractivity contribution in [3.63, 3.8) is 0 Å². The summed E-state index contributed by atoms with van der Waals surface area (Å²) in [5.74, 6) is -0.226. The van der Waals surface area contributed by atoms with Gasteiger partial charge in [0.15, 0.2) is 0 Å². The maximum atomic E-state index is 13.6. The Hall–Kier alpha value is -2.89. The van der Waals surface area contributed by atoms with Gasteiger partial charge in [-0.3, -0.25) is 9.59 Å². The first kappa shape index (κ1) is 22.8. The number of para-hydroxylation sites is 1. The summed E-state index contributed by atoms with van der Waals surface area (Å²) in [7, 11) is 1.74. The number of benzene rings is 3. The van der Waals surface area contributed by atoms with Gasteiger partial charge in [-0.25, -0.2) is 0 Å². The van der Waals surface area contributed by atoms with E-state index in [0.29, 0.717) is 13.0 Å². The summed E-state index contributed by atoms with van der Waals surface area (Å²) in [6.45, 7) is 2.25. The van der Waals surface area contributed by atoms with E-state index < -0.39 is 6.04 Å². The molecule has 2 amide bonds. The first-order valence-electron chi connectivity index (χ1n) is 10.4. The quantitative estimate of drug-likeness (QED) is 0.637. The molecule has 0 unspecified atom stereocenters. The summed E-state index contributed by atoms with van der Waals surface area (Å²) in [6, 6.07) is 21.5. The highest BCUT2D eigenvalue weighted by molar-refractivity contribution is 6.01. The van der Waals surface area contributed by atoms with Crippen molar-refractivity contribution in [3.8, 4) is 0 Å². The average molecular weight is 438 g/mol. The Morgan fingerprint density at radius 3 is 2.58 bits per heavy atom. The second-order valence-corrected chi connectivity index (χ2v) is 7.80. The molecule has 0 radical (unpaired) electrons. The van der Waals surface area contributed by atoms with Gasteiger partial charge in [0.1, 0.15) is 6.04 Å². The lowest BCUT2D eigenvalue weighted by atomic mass is 10.0. The third-order valence-corrected chi connectivity index (χ3v) is 5.90. The van der Waals surface area contributed by atoms with Crippen molar-refractivity contribution in [3.05, 3.63) is 77.9 Å². The van der Waals surface area contributed by atoms with Gasteiger partial charge in [0.25, 0.3) is 0 Å². The standard InChI is InChI=1S/C25H27N3O2.ClH/c1-17(26-2)24(29)27-22-15-14-19-9-4-6-13-23(19)28(25(22)30)16-20-11-7-10-18-8-3-5-12-21(18)20;/h3-13,17,22,26H,14-16H2,1-2H3,(H,27,29);1H/t17-,22-;/m0./s1.